The number of rotatable bonds is 1. The molecule has 0 fully saturated rings. The van der Waals surface area contributed by atoms with Gasteiger partial charge in [0.15, 0.2) is 0 Å². The van der Waals surface area contributed by atoms with Crippen molar-refractivity contribution in [2.45, 2.75) is 6.92 Å². The minimum absolute atomic E-state index is 0.190. The second kappa shape index (κ2) is 5.09. The lowest BCUT2D eigenvalue weighted by Gasteiger charge is -2.12. The summed E-state index contributed by atoms with van der Waals surface area (Å²) in [5.41, 5.74) is 1.61. The summed E-state index contributed by atoms with van der Waals surface area (Å²) in [5, 5.41) is 9.17. The van der Waals surface area contributed by atoms with E-state index in [4.69, 9.17) is 5.26 Å². The van der Waals surface area contributed by atoms with Crippen LogP contribution in [-0.2, 0) is 0 Å². The van der Waals surface area contributed by atoms with Crippen molar-refractivity contribution in [3.05, 3.63) is 60.9 Å². The molecule has 0 saturated carbocycles. The molecule has 5 heteroatoms. The van der Waals surface area contributed by atoms with Crippen molar-refractivity contribution in [1.82, 2.24) is 4.57 Å². The molecule has 1 heterocycles. The molecule has 2 aromatic rings. The molecule has 3 nitrogen and oxygen atoms in total. The summed E-state index contributed by atoms with van der Waals surface area (Å²) in [5.74, 6) is 0. The van der Waals surface area contributed by atoms with Crippen molar-refractivity contribution in [1.29, 1.82) is 5.26 Å². The average Bonchev–Trinajstić information content (AvgIpc) is 2.38. The van der Waals surface area contributed by atoms with Gasteiger partial charge in [-0.25, -0.2) is 0 Å². The first-order valence-electron chi connectivity index (χ1n) is 5.14. The van der Waals surface area contributed by atoms with E-state index in [1.54, 1.807) is 6.92 Å². The van der Waals surface area contributed by atoms with Crippen molar-refractivity contribution in [3.63, 3.8) is 0 Å². The fourth-order valence-corrected chi connectivity index (χ4v) is 2.79. The highest BCUT2D eigenvalue weighted by Crippen LogP contribution is 2.25. The van der Waals surface area contributed by atoms with E-state index in [9.17, 15) is 4.79 Å². The third-order valence-electron chi connectivity index (χ3n) is 2.62. The van der Waals surface area contributed by atoms with Crippen LogP contribution >= 0.6 is 31.9 Å². The van der Waals surface area contributed by atoms with Crippen LogP contribution in [0.1, 0.15) is 11.1 Å². The van der Waals surface area contributed by atoms with Gasteiger partial charge in [-0.2, -0.15) is 5.26 Å². The van der Waals surface area contributed by atoms with E-state index >= 15 is 0 Å². The second-order valence-electron chi connectivity index (χ2n) is 3.69. The first kappa shape index (κ1) is 13.1. The summed E-state index contributed by atoms with van der Waals surface area (Å²) >= 11 is 6.58. The third kappa shape index (κ3) is 2.02. The molecule has 0 saturated heterocycles. The number of para-hydroxylation sites is 1. The molecular weight excluding hydrogens is 360 g/mol. The topological polar surface area (TPSA) is 45.8 Å². The number of hydrogen-bond donors (Lipinski definition) is 0. The number of pyridine rings is 1. The lowest BCUT2D eigenvalue weighted by atomic mass is 10.1. The van der Waals surface area contributed by atoms with Crippen LogP contribution in [0.25, 0.3) is 5.69 Å². The van der Waals surface area contributed by atoms with Crippen molar-refractivity contribution >= 4 is 31.9 Å². The molecule has 0 amide bonds. The average molecular weight is 368 g/mol. The molecular formula is C13H8Br2N2O. The SMILES string of the molecule is Cc1c(C#N)c(Br)n(-c2ccccc2)c(=O)c1Br. The summed E-state index contributed by atoms with van der Waals surface area (Å²) in [7, 11) is 0. The first-order valence-corrected chi connectivity index (χ1v) is 6.72. The third-order valence-corrected chi connectivity index (χ3v) is 4.31. The van der Waals surface area contributed by atoms with Gasteiger partial charge >= 0.3 is 0 Å². The van der Waals surface area contributed by atoms with Crippen LogP contribution < -0.4 is 5.56 Å². The van der Waals surface area contributed by atoms with Crippen molar-refractivity contribution in [3.8, 4) is 11.8 Å². The van der Waals surface area contributed by atoms with Crippen LogP contribution in [0.5, 0.6) is 0 Å². The Morgan fingerprint density at radius 1 is 1.22 bits per heavy atom. The summed E-state index contributed by atoms with van der Waals surface area (Å²) in [6, 6.07) is 11.3. The van der Waals surface area contributed by atoms with Gasteiger partial charge in [-0.1, -0.05) is 18.2 Å². The fourth-order valence-electron chi connectivity index (χ4n) is 1.66. The summed E-state index contributed by atoms with van der Waals surface area (Å²) < 4.78 is 2.35. The Morgan fingerprint density at radius 2 is 1.83 bits per heavy atom. The highest BCUT2D eigenvalue weighted by Gasteiger charge is 2.16. The van der Waals surface area contributed by atoms with E-state index in [0.717, 1.165) is 0 Å². The van der Waals surface area contributed by atoms with E-state index in [2.05, 4.69) is 37.9 Å². The minimum Gasteiger partial charge on any atom is -0.269 e. The lowest BCUT2D eigenvalue weighted by Crippen LogP contribution is -2.22. The van der Waals surface area contributed by atoms with Crippen LogP contribution in [0, 0.1) is 18.3 Å². The summed E-state index contributed by atoms with van der Waals surface area (Å²) in [6.07, 6.45) is 0. The van der Waals surface area contributed by atoms with Crippen molar-refractivity contribution in [2.24, 2.45) is 0 Å². The smallest absolute Gasteiger partial charge is 0.269 e. The standard InChI is InChI=1S/C13H8Br2N2O/c1-8-10(7-16)12(15)17(13(18)11(8)14)9-5-3-2-4-6-9/h2-6H,1H3. The van der Waals surface area contributed by atoms with Crippen LogP contribution in [0.15, 0.2) is 44.2 Å². The maximum absolute atomic E-state index is 12.3. The Hall–Kier alpha value is -1.38. The van der Waals surface area contributed by atoms with Gasteiger partial charge in [-0.05, 0) is 56.5 Å². The van der Waals surface area contributed by atoms with Gasteiger partial charge in [0.05, 0.1) is 10.0 Å². The number of hydrogen-bond acceptors (Lipinski definition) is 2. The zero-order valence-corrected chi connectivity index (χ0v) is 12.6. The zero-order valence-electron chi connectivity index (χ0n) is 9.45. The molecule has 1 aromatic heterocycles. The highest BCUT2D eigenvalue weighted by molar-refractivity contribution is 9.11. The first-order chi connectivity index (χ1) is 8.57. The normalized spacial score (nSPS) is 10.1. The quantitative estimate of drug-likeness (QED) is 0.723. The molecule has 2 rings (SSSR count). The molecule has 0 bridgehead atoms. The predicted molar refractivity (Wildman–Crippen MR) is 76.9 cm³/mol. The largest absolute Gasteiger partial charge is 0.270 e. The zero-order chi connectivity index (χ0) is 13.3. The van der Waals surface area contributed by atoms with Crippen molar-refractivity contribution in [2.75, 3.05) is 0 Å². The van der Waals surface area contributed by atoms with E-state index < -0.39 is 0 Å². The summed E-state index contributed by atoms with van der Waals surface area (Å²) in [4.78, 5) is 12.3. The number of nitrogens with zero attached hydrogens (tertiary/aromatic N) is 2. The van der Waals surface area contributed by atoms with Gasteiger partial charge in [0.1, 0.15) is 10.7 Å². The van der Waals surface area contributed by atoms with Gasteiger partial charge in [-0.3, -0.25) is 9.36 Å². The number of aromatic nitrogens is 1. The Labute approximate surface area is 121 Å². The van der Waals surface area contributed by atoms with Gasteiger partial charge in [-0.15, -0.1) is 0 Å². The van der Waals surface area contributed by atoms with E-state index in [1.165, 1.54) is 4.57 Å². The second-order valence-corrected chi connectivity index (χ2v) is 5.24. The van der Waals surface area contributed by atoms with Gasteiger partial charge in [0.2, 0.25) is 0 Å². The Morgan fingerprint density at radius 3 is 2.39 bits per heavy atom. The van der Waals surface area contributed by atoms with Gasteiger partial charge in [0.25, 0.3) is 5.56 Å². The Bertz CT molecular complexity index is 700. The molecule has 0 unspecified atom stereocenters. The maximum Gasteiger partial charge on any atom is 0.270 e. The molecule has 0 N–H and O–H groups in total. The minimum atomic E-state index is -0.190. The molecule has 0 aliphatic heterocycles. The monoisotopic (exact) mass is 366 g/mol. The predicted octanol–water partition coefficient (Wildman–Crippen LogP) is 3.54. The van der Waals surface area contributed by atoms with E-state index in [1.807, 2.05) is 30.3 Å². The fraction of sp³-hybridized carbons (Fsp3) is 0.0769. The Kier molecular flexibility index (Phi) is 3.69. The van der Waals surface area contributed by atoms with Crippen LogP contribution in [0.3, 0.4) is 0 Å². The molecule has 90 valence electrons. The van der Waals surface area contributed by atoms with E-state index in [0.29, 0.717) is 25.9 Å². The lowest BCUT2D eigenvalue weighted by molar-refractivity contribution is 0.934. The van der Waals surface area contributed by atoms with Crippen LogP contribution in [-0.4, -0.2) is 4.57 Å². The molecule has 1 aromatic carbocycles. The summed E-state index contributed by atoms with van der Waals surface area (Å²) in [6.45, 7) is 1.74. The van der Waals surface area contributed by atoms with Gasteiger partial charge < -0.3 is 0 Å². The number of benzene rings is 1. The molecule has 0 aliphatic rings. The molecule has 0 aliphatic carbocycles. The van der Waals surface area contributed by atoms with Crippen LogP contribution in [0.4, 0.5) is 0 Å². The molecule has 0 spiro atoms. The number of halogens is 2. The van der Waals surface area contributed by atoms with Gasteiger partial charge in [0, 0.05) is 5.69 Å². The number of nitriles is 1. The molecule has 18 heavy (non-hydrogen) atoms. The highest BCUT2D eigenvalue weighted by atomic mass is 79.9. The Balaban J connectivity index is 2.90. The van der Waals surface area contributed by atoms with Crippen molar-refractivity contribution < 1.29 is 0 Å². The van der Waals surface area contributed by atoms with E-state index in [-0.39, 0.29) is 5.56 Å². The molecule has 0 radical (unpaired) electrons. The van der Waals surface area contributed by atoms with Crippen LogP contribution in [0.2, 0.25) is 0 Å². The molecule has 0 atom stereocenters. The maximum atomic E-state index is 12.3.